The summed E-state index contributed by atoms with van der Waals surface area (Å²) >= 11 is 5.02. The van der Waals surface area contributed by atoms with E-state index in [0.717, 1.165) is 11.3 Å². The van der Waals surface area contributed by atoms with Crippen molar-refractivity contribution in [3.05, 3.63) is 59.0 Å². The van der Waals surface area contributed by atoms with Gasteiger partial charge in [0, 0.05) is 23.9 Å². The first-order valence-electron chi connectivity index (χ1n) is 6.66. The van der Waals surface area contributed by atoms with Crippen molar-refractivity contribution in [1.82, 2.24) is 4.98 Å². The van der Waals surface area contributed by atoms with Crippen LogP contribution in [0.3, 0.4) is 0 Å². The molecule has 2 N–H and O–H groups in total. The van der Waals surface area contributed by atoms with E-state index >= 15 is 0 Å². The van der Waals surface area contributed by atoms with Gasteiger partial charge in [-0.05, 0) is 32.0 Å². The van der Waals surface area contributed by atoms with Gasteiger partial charge < -0.3 is 10.6 Å². The zero-order valence-corrected chi connectivity index (χ0v) is 13.1. The molecule has 0 aliphatic rings. The number of aromatic nitrogens is 1. The van der Waals surface area contributed by atoms with Gasteiger partial charge in [0.1, 0.15) is 16.6 Å². The maximum Gasteiger partial charge on any atom is 0.129 e. The van der Waals surface area contributed by atoms with Crippen LogP contribution in [0, 0.1) is 12.7 Å². The molecule has 0 saturated carbocycles. The van der Waals surface area contributed by atoms with Crippen molar-refractivity contribution >= 4 is 23.0 Å². The zero-order chi connectivity index (χ0) is 15.6. The van der Waals surface area contributed by atoms with E-state index in [1.54, 1.807) is 12.1 Å². The molecule has 0 amide bonds. The summed E-state index contributed by atoms with van der Waals surface area (Å²) in [5.74, 6) is 0.493. The van der Waals surface area contributed by atoms with Gasteiger partial charge in [-0.25, -0.2) is 9.37 Å². The van der Waals surface area contributed by atoms with Crippen LogP contribution in [0.5, 0.6) is 0 Å². The van der Waals surface area contributed by atoms with Crippen LogP contribution in [-0.2, 0) is 0 Å². The Hall–Kier alpha value is -2.01. The zero-order valence-electron chi connectivity index (χ0n) is 12.3. The van der Waals surface area contributed by atoms with Crippen LogP contribution >= 0.6 is 12.2 Å². The Labute approximate surface area is 129 Å². The third-order valence-electron chi connectivity index (χ3n) is 3.52. The van der Waals surface area contributed by atoms with Gasteiger partial charge in [-0.1, -0.05) is 30.4 Å². The molecule has 1 heterocycles. The average Bonchev–Trinajstić information content (AvgIpc) is 2.45. The molecule has 1 unspecified atom stereocenters. The Balaban J connectivity index is 2.38. The van der Waals surface area contributed by atoms with Crippen molar-refractivity contribution in [2.24, 2.45) is 5.73 Å². The maximum absolute atomic E-state index is 13.9. The molecular formula is C16H18FN3S. The molecule has 0 aliphatic carbocycles. The highest BCUT2D eigenvalue weighted by Crippen LogP contribution is 2.26. The third kappa shape index (κ3) is 3.36. The lowest BCUT2D eigenvalue weighted by molar-refractivity contribution is 0.584. The van der Waals surface area contributed by atoms with Crippen LogP contribution in [-0.4, -0.2) is 17.0 Å². The van der Waals surface area contributed by atoms with E-state index < -0.39 is 0 Å². The lowest BCUT2D eigenvalue weighted by atomic mass is 10.1. The molecule has 5 heteroatoms. The van der Waals surface area contributed by atoms with Crippen LogP contribution in [0.15, 0.2) is 36.4 Å². The first kappa shape index (κ1) is 15.4. The molecule has 0 radical (unpaired) electrons. The van der Waals surface area contributed by atoms with E-state index in [1.165, 1.54) is 6.07 Å². The molecule has 110 valence electrons. The lowest BCUT2D eigenvalue weighted by Gasteiger charge is -2.27. The highest BCUT2D eigenvalue weighted by Gasteiger charge is 2.17. The number of nitrogens with zero attached hydrogens (tertiary/aromatic N) is 2. The number of thiocarbonyl (C=S) groups is 1. The number of hydrogen-bond donors (Lipinski definition) is 1. The average molecular weight is 303 g/mol. The fraction of sp³-hybridized carbons (Fsp3) is 0.250. The Bertz CT molecular complexity index is 672. The second-order valence-electron chi connectivity index (χ2n) is 5.03. The molecular weight excluding hydrogens is 285 g/mol. The van der Waals surface area contributed by atoms with Crippen LogP contribution in [0.1, 0.15) is 29.8 Å². The number of nitrogens with two attached hydrogens (primary N) is 1. The molecule has 2 rings (SSSR count). The van der Waals surface area contributed by atoms with E-state index in [1.807, 2.05) is 44.0 Å². The van der Waals surface area contributed by atoms with E-state index in [4.69, 9.17) is 18.0 Å². The van der Waals surface area contributed by atoms with Gasteiger partial charge in [0.2, 0.25) is 0 Å². The normalized spacial score (nSPS) is 12.0. The Kier molecular flexibility index (Phi) is 4.53. The second-order valence-corrected chi connectivity index (χ2v) is 5.47. The summed E-state index contributed by atoms with van der Waals surface area (Å²) in [4.78, 5) is 6.72. The van der Waals surface area contributed by atoms with Crippen molar-refractivity contribution in [2.45, 2.75) is 19.9 Å². The Morgan fingerprint density at radius 3 is 2.62 bits per heavy atom. The molecule has 0 aliphatic heterocycles. The SMILES string of the molecule is Cc1cc(C(N)=S)cc(N(C)C(C)c2ccccc2F)n1. The predicted octanol–water partition coefficient (Wildman–Crippen LogP) is 3.36. The number of halogens is 1. The second kappa shape index (κ2) is 6.18. The van der Waals surface area contributed by atoms with Crippen molar-refractivity contribution in [3.63, 3.8) is 0 Å². The van der Waals surface area contributed by atoms with Crippen LogP contribution in [0.4, 0.5) is 10.2 Å². The topological polar surface area (TPSA) is 42.1 Å². The molecule has 2 aromatic rings. The van der Waals surface area contributed by atoms with Crippen molar-refractivity contribution in [1.29, 1.82) is 0 Å². The van der Waals surface area contributed by atoms with Crippen molar-refractivity contribution in [2.75, 3.05) is 11.9 Å². The fourth-order valence-electron chi connectivity index (χ4n) is 2.19. The number of anilines is 1. The Morgan fingerprint density at radius 1 is 1.33 bits per heavy atom. The lowest BCUT2D eigenvalue weighted by Crippen LogP contribution is -2.24. The van der Waals surface area contributed by atoms with Crippen molar-refractivity contribution < 1.29 is 4.39 Å². The third-order valence-corrected chi connectivity index (χ3v) is 3.76. The highest BCUT2D eigenvalue weighted by atomic mass is 32.1. The first-order valence-corrected chi connectivity index (χ1v) is 7.06. The van der Waals surface area contributed by atoms with Gasteiger partial charge in [0.25, 0.3) is 0 Å². The minimum Gasteiger partial charge on any atom is -0.389 e. The van der Waals surface area contributed by atoms with Gasteiger partial charge in [-0.2, -0.15) is 0 Å². The molecule has 1 aromatic carbocycles. The number of rotatable bonds is 4. The fourth-order valence-corrected chi connectivity index (χ4v) is 2.31. The maximum atomic E-state index is 13.9. The minimum absolute atomic E-state index is 0.153. The van der Waals surface area contributed by atoms with E-state index in [-0.39, 0.29) is 11.9 Å². The first-order chi connectivity index (χ1) is 9.90. The summed E-state index contributed by atoms with van der Waals surface area (Å²) in [6.07, 6.45) is 0. The molecule has 1 aromatic heterocycles. The molecule has 21 heavy (non-hydrogen) atoms. The van der Waals surface area contributed by atoms with E-state index in [0.29, 0.717) is 16.4 Å². The van der Waals surface area contributed by atoms with Crippen LogP contribution < -0.4 is 10.6 Å². The summed E-state index contributed by atoms with van der Waals surface area (Å²) < 4.78 is 13.9. The predicted molar refractivity (Wildman–Crippen MR) is 88.1 cm³/mol. The van der Waals surface area contributed by atoms with Gasteiger partial charge in [0.05, 0.1) is 6.04 Å². The quantitative estimate of drug-likeness (QED) is 0.880. The van der Waals surface area contributed by atoms with Gasteiger partial charge in [-0.3, -0.25) is 0 Å². The molecule has 0 saturated heterocycles. The summed E-state index contributed by atoms with van der Waals surface area (Å²) in [6.45, 7) is 3.82. The monoisotopic (exact) mass is 303 g/mol. The van der Waals surface area contributed by atoms with Gasteiger partial charge in [0.15, 0.2) is 0 Å². The molecule has 0 fully saturated rings. The van der Waals surface area contributed by atoms with Gasteiger partial charge >= 0.3 is 0 Å². The summed E-state index contributed by atoms with van der Waals surface area (Å²) in [7, 11) is 1.88. The van der Waals surface area contributed by atoms with Crippen LogP contribution in [0.2, 0.25) is 0 Å². The highest BCUT2D eigenvalue weighted by molar-refractivity contribution is 7.80. The van der Waals surface area contributed by atoms with E-state index in [2.05, 4.69) is 4.98 Å². The molecule has 0 spiro atoms. The number of pyridine rings is 1. The van der Waals surface area contributed by atoms with Crippen molar-refractivity contribution in [3.8, 4) is 0 Å². The number of aryl methyl sites for hydroxylation is 1. The molecule has 3 nitrogen and oxygen atoms in total. The minimum atomic E-state index is -0.223. The Morgan fingerprint density at radius 2 is 2.00 bits per heavy atom. The number of hydrogen-bond acceptors (Lipinski definition) is 3. The largest absolute Gasteiger partial charge is 0.389 e. The van der Waals surface area contributed by atoms with Gasteiger partial charge in [-0.15, -0.1) is 0 Å². The van der Waals surface area contributed by atoms with E-state index in [9.17, 15) is 4.39 Å². The standard InChI is InChI=1S/C16H18FN3S/c1-10-8-12(16(18)21)9-15(19-10)20(3)11(2)13-6-4-5-7-14(13)17/h4-9,11H,1-3H3,(H2,18,21). The summed E-state index contributed by atoms with van der Waals surface area (Å²) in [5, 5.41) is 0. The smallest absolute Gasteiger partial charge is 0.129 e. The molecule has 1 atom stereocenters. The van der Waals surface area contributed by atoms with Crippen LogP contribution in [0.25, 0.3) is 0 Å². The number of benzene rings is 1. The summed E-state index contributed by atoms with van der Waals surface area (Å²) in [6, 6.07) is 10.3. The molecule has 0 bridgehead atoms. The summed E-state index contributed by atoms with van der Waals surface area (Å²) in [5.41, 5.74) is 7.90.